The second-order valence-electron chi connectivity index (χ2n) is 8.63. The Morgan fingerprint density at radius 2 is 1.97 bits per heavy atom. The number of hydrogen-bond donors (Lipinski definition) is 5. The van der Waals surface area contributed by atoms with Gasteiger partial charge in [-0.15, -0.1) is 0 Å². The molecular formula is C28H31N7O3. The number of fused-ring (bicyclic) bond motifs is 1. The fraction of sp³-hybridized carbons (Fsp3) is 0.214. The molecule has 1 unspecified atom stereocenters. The van der Waals surface area contributed by atoms with Crippen molar-refractivity contribution in [1.82, 2.24) is 25.9 Å². The van der Waals surface area contributed by atoms with E-state index < -0.39 is 6.04 Å². The van der Waals surface area contributed by atoms with Crippen molar-refractivity contribution in [1.29, 1.82) is 0 Å². The number of ether oxygens (including phenoxy) is 1. The Balaban J connectivity index is 1.44. The van der Waals surface area contributed by atoms with Crippen LogP contribution >= 0.6 is 0 Å². The minimum Gasteiger partial charge on any atom is -0.497 e. The molecule has 0 saturated carbocycles. The number of H-pyrrole nitrogens is 1. The Morgan fingerprint density at radius 3 is 2.71 bits per heavy atom. The second-order valence-corrected chi connectivity index (χ2v) is 8.63. The maximum absolute atomic E-state index is 13.4. The molecule has 0 aliphatic rings. The fourth-order valence-electron chi connectivity index (χ4n) is 4.07. The summed E-state index contributed by atoms with van der Waals surface area (Å²) in [4.78, 5) is 33.2. The minimum absolute atomic E-state index is 0.141. The monoisotopic (exact) mass is 513 g/mol. The number of nitrogens with zero attached hydrogens (tertiary/aromatic N) is 2. The highest BCUT2D eigenvalue weighted by molar-refractivity contribution is 5.94. The number of aromatic nitrogens is 2. The number of carbonyl (C=O) groups is 2. The lowest BCUT2D eigenvalue weighted by molar-refractivity contribution is -0.127. The fourth-order valence-corrected chi connectivity index (χ4v) is 4.07. The third-order valence-corrected chi connectivity index (χ3v) is 6.06. The molecule has 0 fully saturated rings. The van der Waals surface area contributed by atoms with Crippen LogP contribution in [0.1, 0.15) is 28.4 Å². The van der Waals surface area contributed by atoms with Crippen LogP contribution in [-0.2, 0) is 22.6 Å². The number of nitrogens with two attached hydrogens (primary N) is 1. The molecule has 6 N–H and O–H groups in total. The van der Waals surface area contributed by atoms with Crippen molar-refractivity contribution >= 4 is 28.9 Å². The van der Waals surface area contributed by atoms with Crippen LogP contribution in [0.3, 0.4) is 0 Å². The van der Waals surface area contributed by atoms with Crippen molar-refractivity contribution in [3.05, 3.63) is 95.4 Å². The zero-order chi connectivity index (χ0) is 26.7. The van der Waals surface area contributed by atoms with Gasteiger partial charge in [0.1, 0.15) is 11.8 Å². The highest BCUT2D eigenvalue weighted by Crippen LogP contribution is 2.28. The number of benzene rings is 2. The summed E-state index contributed by atoms with van der Waals surface area (Å²) in [5.41, 5.74) is 4.36. The Kier molecular flexibility index (Phi) is 9.03. The number of pyridine rings is 1. The first-order chi connectivity index (χ1) is 18.6. The molecule has 2 aromatic heterocycles. The van der Waals surface area contributed by atoms with Gasteiger partial charge < -0.3 is 26.2 Å². The van der Waals surface area contributed by atoms with Crippen molar-refractivity contribution < 1.29 is 14.3 Å². The van der Waals surface area contributed by atoms with Crippen molar-refractivity contribution in [2.75, 3.05) is 20.2 Å². The molecule has 1 atom stereocenters. The van der Waals surface area contributed by atoms with E-state index >= 15 is 0 Å². The van der Waals surface area contributed by atoms with E-state index in [4.69, 9.17) is 10.6 Å². The van der Waals surface area contributed by atoms with Gasteiger partial charge in [-0.1, -0.05) is 30.3 Å². The van der Waals surface area contributed by atoms with Crippen LogP contribution in [0.2, 0.25) is 0 Å². The maximum Gasteiger partial charge on any atom is 0.242 e. The highest BCUT2D eigenvalue weighted by atomic mass is 16.5. The van der Waals surface area contributed by atoms with Crippen molar-refractivity contribution in [2.45, 2.75) is 19.0 Å². The van der Waals surface area contributed by atoms with E-state index in [2.05, 4.69) is 31.0 Å². The van der Waals surface area contributed by atoms with Gasteiger partial charge in [-0.25, -0.2) is 0 Å². The molecule has 4 aromatic rings. The van der Waals surface area contributed by atoms with E-state index in [1.807, 2.05) is 60.7 Å². The van der Waals surface area contributed by atoms with Crippen LogP contribution in [0.15, 0.2) is 78.2 Å². The predicted octanol–water partition coefficient (Wildman–Crippen LogP) is 2.17. The normalized spacial score (nSPS) is 11.9. The number of rotatable bonds is 12. The number of aromatic amines is 1. The van der Waals surface area contributed by atoms with E-state index in [0.717, 1.165) is 33.3 Å². The van der Waals surface area contributed by atoms with E-state index in [1.54, 1.807) is 25.7 Å². The molecule has 0 saturated heterocycles. The summed E-state index contributed by atoms with van der Waals surface area (Å²) in [5.74, 6) is 5.31. The smallest absolute Gasteiger partial charge is 0.242 e. The first-order valence-corrected chi connectivity index (χ1v) is 12.2. The molecule has 2 aromatic carbocycles. The summed E-state index contributed by atoms with van der Waals surface area (Å²) in [7, 11) is 1.60. The van der Waals surface area contributed by atoms with Gasteiger partial charge in [-0.2, -0.15) is 5.10 Å². The Morgan fingerprint density at radius 1 is 1.13 bits per heavy atom. The van der Waals surface area contributed by atoms with Crippen LogP contribution in [0.25, 0.3) is 10.9 Å². The highest BCUT2D eigenvalue weighted by Gasteiger charge is 2.24. The van der Waals surface area contributed by atoms with Crippen LogP contribution in [0.4, 0.5) is 0 Å². The van der Waals surface area contributed by atoms with Crippen molar-refractivity contribution in [3.63, 3.8) is 0 Å². The van der Waals surface area contributed by atoms with E-state index in [1.165, 1.54) is 0 Å². The van der Waals surface area contributed by atoms with Crippen molar-refractivity contribution in [2.24, 2.45) is 10.9 Å². The molecule has 4 rings (SSSR count). The van der Waals surface area contributed by atoms with E-state index in [0.29, 0.717) is 25.3 Å². The molecule has 196 valence electrons. The van der Waals surface area contributed by atoms with Gasteiger partial charge in [0.15, 0.2) is 0 Å². The number of carbonyl (C=O) groups excluding carboxylic acids is 2. The quantitative estimate of drug-likeness (QED) is 0.111. The molecule has 2 amide bonds. The molecular weight excluding hydrogens is 482 g/mol. The number of hydrazone groups is 1. The summed E-state index contributed by atoms with van der Waals surface area (Å²) >= 11 is 0. The second kappa shape index (κ2) is 13.0. The van der Waals surface area contributed by atoms with Gasteiger partial charge in [0, 0.05) is 54.1 Å². The number of methoxy groups -OCH3 is 1. The SMILES string of the molecule is COc1ccc2[nH]cc(C(NCc3ccc(C=NN)cc3)C(=O)NCC(=O)NCCc3ccccn3)c2c1. The topological polar surface area (TPSA) is 147 Å². The summed E-state index contributed by atoms with van der Waals surface area (Å²) in [6, 6.07) is 18.2. The van der Waals surface area contributed by atoms with Gasteiger partial charge in [0.2, 0.25) is 11.8 Å². The maximum atomic E-state index is 13.4. The van der Waals surface area contributed by atoms with Gasteiger partial charge in [0.25, 0.3) is 0 Å². The summed E-state index contributed by atoms with van der Waals surface area (Å²) in [6.07, 6.45) is 5.69. The Bertz CT molecular complexity index is 1380. The first-order valence-electron chi connectivity index (χ1n) is 12.2. The lowest BCUT2D eigenvalue weighted by Gasteiger charge is -2.19. The van der Waals surface area contributed by atoms with Gasteiger partial charge >= 0.3 is 0 Å². The molecule has 10 heteroatoms. The molecule has 0 bridgehead atoms. The molecule has 10 nitrogen and oxygen atoms in total. The molecule has 38 heavy (non-hydrogen) atoms. The average Bonchev–Trinajstić information content (AvgIpc) is 3.36. The molecule has 0 aliphatic carbocycles. The van der Waals surface area contributed by atoms with Crippen LogP contribution < -0.4 is 26.5 Å². The number of nitrogens with one attached hydrogen (secondary N) is 4. The van der Waals surface area contributed by atoms with Crippen LogP contribution in [0.5, 0.6) is 5.75 Å². The molecule has 0 radical (unpaired) electrons. The van der Waals surface area contributed by atoms with Crippen LogP contribution in [0, 0.1) is 0 Å². The van der Waals surface area contributed by atoms with Crippen molar-refractivity contribution in [3.8, 4) is 5.75 Å². The van der Waals surface area contributed by atoms with E-state index in [-0.39, 0.29) is 18.4 Å². The first kappa shape index (κ1) is 26.4. The zero-order valence-electron chi connectivity index (χ0n) is 21.1. The standard InChI is InChI=1S/C28H31N7O3/c1-38-22-9-10-25-23(14-22)24(17-32-25)27(33-15-19-5-7-20(8-6-19)16-35-29)28(37)34-18-26(36)31-13-11-21-4-2-3-12-30-21/h2-10,12,14,16-17,27,32-33H,11,13,15,18,29H2,1H3,(H,31,36)(H,34,37). The third-order valence-electron chi connectivity index (χ3n) is 6.06. The van der Waals surface area contributed by atoms with Crippen LogP contribution in [-0.4, -0.2) is 48.2 Å². The van der Waals surface area contributed by atoms with E-state index in [9.17, 15) is 9.59 Å². The Labute approximate surface area is 220 Å². The molecule has 0 aliphatic heterocycles. The number of hydrogen-bond acceptors (Lipinski definition) is 7. The predicted molar refractivity (Wildman–Crippen MR) is 147 cm³/mol. The lowest BCUT2D eigenvalue weighted by Crippen LogP contribution is -2.42. The summed E-state index contributed by atoms with van der Waals surface area (Å²) in [6.45, 7) is 0.712. The molecule has 0 spiro atoms. The summed E-state index contributed by atoms with van der Waals surface area (Å²) in [5, 5.41) is 13.3. The summed E-state index contributed by atoms with van der Waals surface area (Å²) < 4.78 is 5.38. The number of amides is 2. The van der Waals surface area contributed by atoms with Gasteiger partial charge in [-0.3, -0.25) is 19.9 Å². The van der Waals surface area contributed by atoms with Gasteiger partial charge in [-0.05, 0) is 41.5 Å². The third kappa shape index (κ3) is 6.95. The minimum atomic E-state index is -0.720. The Hall–Kier alpha value is -4.70. The molecule has 2 heterocycles. The zero-order valence-corrected chi connectivity index (χ0v) is 21.1. The average molecular weight is 514 g/mol. The largest absolute Gasteiger partial charge is 0.497 e. The lowest BCUT2D eigenvalue weighted by atomic mass is 10.0. The van der Waals surface area contributed by atoms with Gasteiger partial charge in [0.05, 0.1) is 19.9 Å².